The number of ether oxygens (including phenoxy) is 1. The lowest BCUT2D eigenvalue weighted by Crippen LogP contribution is -2.42. The van der Waals surface area contributed by atoms with Crippen LogP contribution in [0.3, 0.4) is 0 Å². The van der Waals surface area contributed by atoms with Crippen LogP contribution in [0, 0.1) is 6.92 Å². The minimum atomic E-state index is -1.79. The van der Waals surface area contributed by atoms with Crippen LogP contribution in [0.5, 0.6) is 5.75 Å². The molecule has 0 saturated heterocycles. The second kappa shape index (κ2) is 7.71. The number of benzene rings is 2. The number of halogens is 1. The molecule has 142 valence electrons. The van der Waals surface area contributed by atoms with E-state index in [1.807, 2.05) is 19.1 Å². The molecule has 1 aliphatic rings. The Morgan fingerprint density at radius 3 is 2.59 bits per heavy atom. The zero-order chi connectivity index (χ0) is 19.6. The van der Waals surface area contributed by atoms with Gasteiger partial charge in [0.25, 0.3) is 5.91 Å². The smallest absolute Gasteiger partial charge is 0.264 e. The van der Waals surface area contributed by atoms with Crippen LogP contribution in [0.15, 0.2) is 42.5 Å². The van der Waals surface area contributed by atoms with Crippen molar-refractivity contribution in [3.63, 3.8) is 0 Å². The Morgan fingerprint density at radius 2 is 1.93 bits per heavy atom. The van der Waals surface area contributed by atoms with Crippen molar-refractivity contribution in [1.82, 2.24) is 0 Å². The molecular formula is C21H22ClNO4. The monoisotopic (exact) mass is 387 g/mol. The zero-order valence-corrected chi connectivity index (χ0v) is 16.1. The Morgan fingerprint density at radius 1 is 1.22 bits per heavy atom. The summed E-state index contributed by atoms with van der Waals surface area (Å²) in [4.78, 5) is 26.1. The van der Waals surface area contributed by atoms with Crippen molar-refractivity contribution in [2.45, 2.75) is 32.3 Å². The second-order valence-corrected chi connectivity index (χ2v) is 7.31. The van der Waals surface area contributed by atoms with Crippen LogP contribution in [-0.4, -0.2) is 29.9 Å². The molecule has 0 aliphatic carbocycles. The molecule has 1 heterocycles. The maximum atomic E-state index is 12.9. The molecule has 1 unspecified atom stereocenters. The molecule has 1 aliphatic heterocycles. The summed E-state index contributed by atoms with van der Waals surface area (Å²) in [5.41, 5.74) is 0.295. The molecule has 2 aromatic rings. The van der Waals surface area contributed by atoms with Crippen molar-refractivity contribution in [3.8, 4) is 5.75 Å². The molecule has 0 aromatic heterocycles. The van der Waals surface area contributed by atoms with Gasteiger partial charge in [0, 0.05) is 23.6 Å². The molecule has 0 radical (unpaired) electrons. The van der Waals surface area contributed by atoms with Crippen LogP contribution >= 0.6 is 11.6 Å². The SMILES string of the molecule is CC(=O)CC1(O)C(=O)N(CCCOc2ccc(Cl)cc2)c2ccc(C)cc21. The molecule has 0 saturated carbocycles. The van der Waals surface area contributed by atoms with Crippen LogP contribution in [0.1, 0.15) is 30.9 Å². The number of fused-ring (bicyclic) bond motifs is 1. The van der Waals surface area contributed by atoms with Gasteiger partial charge in [-0.25, -0.2) is 0 Å². The summed E-state index contributed by atoms with van der Waals surface area (Å²) >= 11 is 5.85. The van der Waals surface area contributed by atoms with Crippen LogP contribution in [0.2, 0.25) is 5.02 Å². The minimum absolute atomic E-state index is 0.222. The van der Waals surface area contributed by atoms with Gasteiger partial charge in [-0.05, 0) is 50.6 Å². The Balaban J connectivity index is 1.71. The fourth-order valence-electron chi connectivity index (χ4n) is 3.36. The number of rotatable bonds is 7. The van der Waals surface area contributed by atoms with Gasteiger partial charge in [0.05, 0.1) is 12.3 Å². The summed E-state index contributed by atoms with van der Waals surface area (Å²) in [6.45, 7) is 4.07. The fraction of sp³-hybridized carbons (Fsp3) is 0.333. The third kappa shape index (κ3) is 3.99. The highest BCUT2D eigenvalue weighted by atomic mass is 35.5. The summed E-state index contributed by atoms with van der Waals surface area (Å²) in [6.07, 6.45) is 0.359. The van der Waals surface area contributed by atoms with E-state index >= 15 is 0 Å². The average molecular weight is 388 g/mol. The first kappa shape index (κ1) is 19.4. The summed E-state index contributed by atoms with van der Waals surface area (Å²) in [6, 6.07) is 12.6. The van der Waals surface area contributed by atoms with Gasteiger partial charge in [-0.1, -0.05) is 29.3 Å². The Hall–Kier alpha value is -2.37. The van der Waals surface area contributed by atoms with E-state index in [4.69, 9.17) is 16.3 Å². The van der Waals surface area contributed by atoms with Gasteiger partial charge in [-0.2, -0.15) is 0 Å². The standard InChI is InChI=1S/C21H22ClNO4/c1-14-4-9-19-18(12-14)21(26,13-15(2)24)20(25)23(19)10-3-11-27-17-7-5-16(22)6-8-17/h4-9,12,26H,3,10-11,13H2,1-2H3. The molecule has 0 bridgehead atoms. The number of nitrogens with zero attached hydrogens (tertiary/aromatic N) is 1. The van der Waals surface area contributed by atoms with Crippen LogP contribution in [0.4, 0.5) is 5.69 Å². The lowest BCUT2D eigenvalue weighted by molar-refractivity contribution is -0.141. The largest absolute Gasteiger partial charge is 0.494 e. The van der Waals surface area contributed by atoms with E-state index in [0.29, 0.717) is 41.6 Å². The summed E-state index contributed by atoms with van der Waals surface area (Å²) in [5, 5.41) is 11.6. The second-order valence-electron chi connectivity index (χ2n) is 6.87. The van der Waals surface area contributed by atoms with Crippen molar-refractivity contribution >= 4 is 29.0 Å². The van der Waals surface area contributed by atoms with E-state index in [1.54, 1.807) is 35.2 Å². The van der Waals surface area contributed by atoms with E-state index < -0.39 is 11.5 Å². The predicted octanol–water partition coefficient (Wildman–Crippen LogP) is 3.63. The lowest BCUT2D eigenvalue weighted by Gasteiger charge is -2.22. The van der Waals surface area contributed by atoms with Crippen LogP contribution < -0.4 is 9.64 Å². The number of Topliss-reactive ketones (excluding diaryl/α,β-unsaturated/α-hetero) is 1. The van der Waals surface area contributed by atoms with Gasteiger partial charge >= 0.3 is 0 Å². The molecular weight excluding hydrogens is 366 g/mol. The predicted molar refractivity (Wildman–Crippen MR) is 104 cm³/mol. The number of ketones is 1. The molecule has 6 heteroatoms. The van der Waals surface area contributed by atoms with Gasteiger partial charge in [-0.3, -0.25) is 9.59 Å². The Labute approximate surface area is 163 Å². The minimum Gasteiger partial charge on any atom is -0.494 e. The van der Waals surface area contributed by atoms with E-state index in [-0.39, 0.29) is 12.2 Å². The summed E-state index contributed by atoms with van der Waals surface area (Å²) in [5.74, 6) is 0.0206. The van der Waals surface area contributed by atoms with Crippen molar-refractivity contribution in [2.24, 2.45) is 0 Å². The molecule has 0 fully saturated rings. The maximum Gasteiger partial charge on any atom is 0.264 e. The number of carbonyl (C=O) groups is 2. The third-order valence-electron chi connectivity index (χ3n) is 4.60. The molecule has 1 N–H and O–H groups in total. The number of aliphatic hydroxyl groups is 1. The highest BCUT2D eigenvalue weighted by Gasteiger charge is 2.50. The van der Waals surface area contributed by atoms with E-state index in [0.717, 1.165) is 5.56 Å². The Bertz CT molecular complexity index is 865. The number of hydrogen-bond donors (Lipinski definition) is 1. The normalized spacial score (nSPS) is 18.5. The highest BCUT2D eigenvalue weighted by molar-refractivity contribution is 6.30. The van der Waals surface area contributed by atoms with Gasteiger partial charge in [0.2, 0.25) is 0 Å². The number of anilines is 1. The van der Waals surface area contributed by atoms with Gasteiger partial charge < -0.3 is 14.7 Å². The molecule has 1 amide bonds. The molecule has 27 heavy (non-hydrogen) atoms. The van der Waals surface area contributed by atoms with Gasteiger partial charge in [-0.15, -0.1) is 0 Å². The quantitative estimate of drug-likeness (QED) is 0.737. The number of aryl methyl sites for hydroxylation is 1. The first-order valence-corrected chi connectivity index (χ1v) is 9.22. The lowest BCUT2D eigenvalue weighted by atomic mass is 9.89. The molecule has 0 spiro atoms. The van der Waals surface area contributed by atoms with Crippen molar-refractivity contribution in [3.05, 3.63) is 58.6 Å². The summed E-state index contributed by atoms with van der Waals surface area (Å²) < 4.78 is 5.67. The van der Waals surface area contributed by atoms with Crippen LogP contribution in [-0.2, 0) is 15.2 Å². The zero-order valence-electron chi connectivity index (χ0n) is 15.4. The topological polar surface area (TPSA) is 66.8 Å². The first-order valence-electron chi connectivity index (χ1n) is 8.84. The molecule has 2 aromatic carbocycles. The fourth-order valence-corrected chi connectivity index (χ4v) is 3.49. The molecule has 1 atom stereocenters. The molecule has 3 rings (SSSR count). The molecule has 5 nitrogen and oxygen atoms in total. The Kier molecular flexibility index (Phi) is 5.53. The van der Waals surface area contributed by atoms with E-state index in [2.05, 4.69) is 0 Å². The van der Waals surface area contributed by atoms with Gasteiger partial charge in [0.1, 0.15) is 11.5 Å². The third-order valence-corrected chi connectivity index (χ3v) is 4.85. The van der Waals surface area contributed by atoms with Crippen molar-refractivity contribution < 1.29 is 19.4 Å². The maximum absolute atomic E-state index is 12.9. The average Bonchev–Trinajstić information content (AvgIpc) is 2.81. The summed E-state index contributed by atoms with van der Waals surface area (Å²) in [7, 11) is 0. The van der Waals surface area contributed by atoms with Crippen LogP contribution in [0.25, 0.3) is 0 Å². The highest BCUT2D eigenvalue weighted by Crippen LogP contribution is 2.43. The first-order chi connectivity index (χ1) is 12.8. The van der Waals surface area contributed by atoms with Crippen molar-refractivity contribution in [1.29, 1.82) is 0 Å². The van der Waals surface area contributed by atoms with E-state index in [9.17, 15) is 14.7 Å². The number of carbonyl (C=O) groups excluding carboxylic acids is 2. The van der Waals surface area contributed by atoms with E-state index in [1.165, 1.54) is 6.92 Å². The van der Waals surface area contributed by atoms with Crippen molar-refractivity contribution in [2.75, 3.05) is 18.1 Å². The van der Waals surface area contributed by atoms with Gasteiger partial charge in [0.15, 0.2) is 5.60 Å². The number of amides is 1. The number of hydrogen-bond acceptors (Lipinski definition) is 4.